The van der Waals surface area contributed by atoms with Gasteiger partial charge in [0.05, 0.1) is 11.9 Å². The van der Waals surface area contributed by atoms with Crippen molar-refractivity contribution >= 4 is 5.84 Å². The molecule has 1 fully saturated rings. The van der Waals surface area contributed by atoms with E-state index in [0.29, 0.717) is 12.1 Å². The Balaban J connectivity index is 1.65. The molecule has 1 aromatic rings. The molecule has 1 N–H and O–H groups in total. The largest absolute Gasteiger partial charge is 0.358 e. The monoisotopic (exact) mass is 255 g/mol. The van der Waals surface area contributed by atoms with E-state index in [2.05, 4.69) is 35.5 Å². The number of fused-ring (bicyclic) bond motifs is 2. The highest BCUT2D eigenvalue weighted by molar-refractivity contribution is 5.86. The number of nitrogens with one attached hydrogen (secondary N) is 1. The zero-order valence-corrected chi connectivity index (χ0v) is 11.5. The molecule has 0 radical (unpaired) electrons. The lowest BCUT2D eigenvalue weighted by Crippen LogP contribution is -2.21. The summed E-state index contributed by atoms with van der Waals surface area (Å²) in [6, 6.07) is 7.95. The summed E-state index contributed by atoms with van der Waals surface area (Å²) in [5.41, 5.74) is 4.43. The first-order valence-electron chi connectivity index (χ1n) is 7.47. The maximum Gasteiger partial charge on any atom is 0.0998 e. The number of benzene rings is 1. The van der Waals surface area contributed by atoms with Gasteiger partial charge in [0.1, 0.15) is 0 Å². The van der Waals surface area contributed by atoms with E-state index in [1.165, 1.54) is 54.8 Å². The summed E-state index contributed by atoms with van der Waals surface area (Å²) >= 11 is 0. The number of rotatable bonds is 2. The number of nitrogens with zero attached hydrogens (tertiary/aromatic N) is 2. The highest BCUT2D eigenvalue weighted by Gasteiger charge is 2.30. The fraction of sp³-hybridized carbons (Fsp3) is 0.562. The van der Waals surface area contributed by atoms with Crippen LogP contribution in [0.15, 0.2) is 23.2 Å². The molecule has 4 rings (SSSR count). The molecule has 0 aromatic heterocycles. The van der Waals surface area contributed by atoms with Crippen molar-refractivity contribution in [2.24, 2.45) is 4.99 Å². The van der Waals surface area contributed by atoms with E-state index in [0.717, 1.165) is 6.54 Å². The quantitative estimate of drug-likeness (QED) is 0.879. The van der Waals surface area contributed by atoms with Gasteiger partial charge >= 0.3 is 0 Å². The normalized spacial score (nSPS) is 28.5. The highest BCUT2D eigenvalue weighted by atomic mass is 15.3. The lowest BCUT2D eigenvalue weighted by Gasteiger charge is -2.16. The van der Waals surface area contributed by atoms with Crippen LogP contribution in [0.5, 0.6) is 0 Å². The minimum atomic E-state index is 0.374. The molecule has 1 aliphatic carbocycles. The van der Waals surface area contributed by atoms with E-state index in [1.54, 1.807) is 0 Å². The zero-order valence-electron chi connectivity index (χ0n) is 11.5. The zero-order chi connectivity index (χ0) is 12.8. The Labute approximate surface area is 114 Å². The first kappa shape index (κ1) is 11.5. The van der Waals surface area contributed by atoms with Crippen molar-refractivity contribution in [3.05, 3.63) is 34.9 Å². The molecule has 1 saturated heterocycles. The van der Waals surface area contributed by atoms with E-state index in [1.807, 2.05) is 0 Å². The first-order chi connectivity index (χ1) is 9.35. The Bertz CT molecular complexity index is 535. The van der Waals surface area contributed by atoms with Crippen LogP contribution in [-0.4, -0.2) is 30.9 Å². The summed E-state index contributed by atoms with van der Waals surface area (Å²) in [5, 5.41) is 3.43. The number of aryl methyl sites for hydroxylation is 1. The van der Waals surface area contributed by atoms with Crippen molar-refractivity contribution in [2.75, 3.05) is 20.1 Å². The third kappa shape index (κ3) is 1.79. The van der Waals surface area contributed by atoms with E-state index in [-0.39, 0.29) is 0 Å². The van der Waals surface area contributed by atoms with Crippen LogP contribution in [0.2, 0.25) is 0 Å². The summed E-state index contributed by atoms with van der Waals surface area (Å²) in [5.74, 6) is 1.34. The third-order valence-corrected chi connectivity index (χ3v) is 4.87. The molecule has 0 bridgehead atoms. The summed E-state index contributed by atoms with van der Waals surface area (Å²) in [4.78, 5) is 7.38. The van der Waals surface area contributed by atoms with Gasteiger partial charge in [-0.3, -0.25) is 4.99 Å². The molecule has 3 nitrogen and oxygen atoms in total. The van der Waals surface area contributed by atoms with Crippen LogP contribution in [0.4, 0.5) is 0 Å². The Morgan fingerprint density at radius 1 is 1.32 bits per heavy atom. The molecule has 3 heteroatoms. The molecule has 0 saturated carbocycles. The lowest BCUT2D eigenvalue weighted by atomic mass is 10.00. The molecule has 0 amide bonds. The van der Waals surface area contributed by atoms with Gasteiger partial charge in [-0.2, -0.15) is 0 Å². The van der Waals surface area contributed by atoms with Crippen LogP contribution in [-0.2, 0) is 6.42 Å². The van der Waals surface area contributed by atoms with Gasteiger partial charge in [0.25, 0.3) is 0 Å². The summed E-state index contributed by atoms with van der Waals surface area (Å²) in [7, 11) is 2.07. The Kier molecular flexibility index (Phi) is 2.62. The second-order valence-corrected chi connectivity index (χ2v) is 5.95. The van der Waals surface area contributed by atoms with Crippen molar-refractivity contribution in [3.8, 4) is 0 Å². The predicted octanol–water partition coefficient (Wildman–Crippen LogP) is 2.44. The van der Waals surface area contributed by atoms with Crippen LogP contribution in [0.25, 0.3) is 0 Å². The molecule has 19 heavy (non-hydrogen) atoms. The van der Waals surface area contributed by atoms with Gasteiger partial charge < -0.3 is 10.2 Å². The average Bonchev–Trinajstić information content (AvgIpc) is 3.11. The van der Waals surface area contributed by atoms with Crippen LogP contribution in [0.1, 0.15) is 48.0 Å². The SMILES string of the molecule is CNC1CCc2ccc(C3CN4CCCC4=N3)cc21. The fourth-order valence-corrected chi connectivity index (χ4v) is 3.80. The van der Waals surface area contributed by atoms with Gasteiger partial charge in [-0.25, -0.2) is 0 Å². The van der Waals surface area contributed by atoms with Gasteiger partial charge in [0.15, 0.2) is 0 Å². The molecule has 2 aliphatic heterocycles. The molecule has 2 atom stereocenters. The van der Waals surface area contributed by atoms with Crippen LogP contribution in [0.3, 0.4) is 0 Å². The van der Waals surface area contributed by atoms with Gasteiger partial charge in [-0.15, -0.1) is 0 Å². The Morgan fingerprint density at radius 3 is 3.11 bits per heavy atom. The number of amidine groups is 1. The molecule has 1 aromatic carbocycles. The minimum Gasteiger partial charge on any atom is -0.358 e. The topological polar surface area (TPSA) is 27.6 Å². The van der Waals surface area contributed by atoms with E-state index in [4.69, 9.17) is 4.99 Å². The Morgan fingerprint density at radius 2 is 2.26 bits per heavy atom. The molecular formula is C16H21N3. The summed E-state index contributed by atoms with van der Waals surface area (Å²) in [6.07, 6.45) is 4.92. The van der Waals surface area contributed by atoms with E-state index in [9.17, 15) is 0 Å². The molecule has 100 valence electrons. The number of hydrogen-bond acceptors (Lipinski definition) is 3. The standard InChI is InChI=1S/C16H21N3/c1-17-14-7-6-11-4-5-12(9-13(11)14)15-10-19-8-2-3-16(19)18-15/h4-5,9,14-15,17H,2-3,6-8,10H2,1H3. The molecule has 2 unspecified atom stereocenters. The lowest BCUT2D eigenvalue weighted by molar-refractivity contribution is 0.454. The van der Waals surface area contributed by atoms with Crippen molar-refractivity contribution in [2.45, 2.75) is 37.8 Å². The second kappa shape index (κ2) is 4.34. The molecular weight excluding hydrogens is 234 g/mol. The van der Waals surface area contributed by atoms with Gasteiger partial charge in [0, 0.05) is 25.6 Å². The van der Waals surface area contributed by atoms with Crippen molar-refractivity contribution < 1.29 is 0 Å². The fourth-order valence-electron chi connectivity index (χ4n) is 3.80. The van der Waals surface area contributed by atoms with Crippen molar-refractivity contribution in [3.63, 3.8) is 0 Å². The van der Waals surface area contributed by atoms with Crippen LogP contribution >= 0.6 is 0 Å². The first-order valence-corrected chi connectivity index (χ1v) is 7.47. The molecule has 0 spiro atoms. The average molecular weight is 255 g/mol. The van der Waals surface area contributed by atoms with Crippen molar-refractivity contribution in [1.82, 2.24) is 10.2 Å². The Hall–Kier alpha value is -1.35. The van der Waals surface area contributed by atoms with Gasteiger partial charge in [-0.1, -0.05) is 18.2 Å². The summed E-state index contributed by atoms with van der Waals surface area (Å²) < 4.78 is 0. The molecule has 3 aliphatic rings. The van der Waals surface area contributed by atoms with Gasteiger partial charge in [0.2, 0.25) is 0 Å². The highest BCUT2D eigenvalue weighted by Crippen LogP contribution is 2.35. The number of hydrogen-bond donors (Lipinski definition) is 1. The molecule has 2 heterocycles. The van der Waals surface area contributed by atoms with E-state index < -0.39 is 0 Å². The maximum atomic E-state index is 4.92. The third-order valence-electron chi connectivity index (χ3n) is 4.87. The van der Waals surface area contributed by atoms with Crippen LogP contribution < -0.4 is 5.32 Å². The number of aliphatic imine (C=N–C) groups is 1. The smallest absolute Gasteiger partial charge is 0.0998 e. The minimum absolute atomic E-state index is 0.374. The maximum absolute atomic E-state index is 4.92. The van der Waals surface area contributed by atoms with Gasteiger partial charge in [-0.05, 0) is 43.0 Å². The summed E-state index contributed by atoms with van der Waals surface area (Å²) in [6.45, 7) is 2.30. The predicted molar refractivity (Wildman–Crippen MR) is 77.5 cm³/mol. The van der Waals surface area contributed by atoms with Crippen LogP contribution in [0, 0.1) is 0 Å². The van der Waals surface area contributed by atoms with E-state index >= 15 is 0 Å². The van der Waals surface area contributed by atoms with Crippen molar-refractivity contribution in [1.29, 1.82) is 0 Å². The second-order valence-electron chi connectivity index (χ2n) is 5.95.